The summed E-state index contributed by atoms with van der Waals surface area (Å²) in [4.78, 5) is 3.85. The fourth-order valence-corrected chi connectivity index (χ4v) is 3.30. The van der Waals surface area contributed by atoms with E-state index in [9.17, 15) is 0 Å². The molecule has 1 fully saturated rings. The summed E-state index contributed by atoms with van der Waals surface area (Å²) in [6.07, 6.45) is 11.0. The first-order chi connectivity index (χ1) is 12.3. The van der Waals surface area contributed by atoms with Crippen LogP contribution in [0.3, 0.4) is 0 Å². The van der Waals surface area contributed by atoms with Crippen LogP contribution < -0.4 is 16.8 Å². The molecule has 0 saturated heterocycles. The number of aromatic nitrogens is 1. The number of rotatable bonds is 3. The highest BCUT2D eigenvalue weighted by Gasteiger charge is 2.34. The van der Waals surface area contributed by atoms with Crippen LogP contribution in [0, 0.1) is 17.8 Å². The second kappa shape index (κ2) is 10.6. The predicted molar refractivity (Wildman–Crippen MR) is 106 cm³/mol. The monoisotopic (exact) mass is 338 g/mol. The van der Waals surface area contributed by atoms with Crippen LogP contribution in [0.2, 0.25) is 0 Å². The van der Waals surface area contributed by atoms with Gasteiger partial charge in [0.1, 0.15) is 0 Å². The van der Waals surface area contributed by atoms with Crippen LogP contribution in [0.25, 0.3) is 0 Å². The minimum Gasteiger partial charge on any atom is -0.388 e. The van der Waals surface area contributed by atoms with Gasteiger partial charge in [-0.3, -0.25) is 4.98 Å². The number of allylic oxidation sites excluding steroid dienone is 2. The number of fused-ring (bicyclic) bond motifs is 2. The summed E-state index contributed by atoms with van der Waals surface area (Å²) >= 11 is 0. The number of nitrogens with two attached hydrogens (primary N) is 2. The lowest BCUT2D eigenvalue weighted by molar-refractivity contribution is 0.459. The second-order valence-corrected chi connectivity index (χ2v) is 6.45. The lowest BCUT2D eigenvalue weighted by Gasteiger charge is -2.14. The summed E-state index contributed by atoms with van der Waals surface area (Å²) in [6.45, 7) is 1.53. The van der Waals surface area contributed by atoms with E-state index in [0.717, 1.165) is 30.0 Å². The molecule has 4 nitrogen and oxygen atoms in total. The van der Waals surface area contributed by atoms with Gasteiger partial charge in [-0.15, -0.1) is 0 Å². The lowest BCUT2D eigenvalue weighted by atomic mass is 9.94. The van der Waals surface area contributed by atoms with E-state index in [1.807, 2.05) is 49.5 Å². The van der Waals surface area contributed by atoms with Crippen LogP contribution in [-0.2, 0) is 6.54 Å². The number of pyridine rings is 1. The quantitative estimate of drug-likeness (QED) is 0.749. The van der Waals surface area contributed by atoms with Crippen molar-refractivity contribution in [3.05, 3.63) is 72.6 Å². The molecule has 0 aliphatic heterocycles. The molecule has 0 amide bonds. The average Bonchev–Trinajstić information content (AvgIpc) is 3.33. The SMILES string of the molecule is CNc1ccncc1.NCC1CC2C=CC1C2.NCc1ccccc1. The highest BCUT2D eigenvalue weighted by Crippen LogP contribution is 2.42. The molecule has 2 aliphatic carbocycles. The molecule has 25 heavy (non-hydrogen) atoms. The molecule has 4 heteroatoms. The molecule has 134 valence electrons. The van der Waals surface area contributed by atoms with Gasteiger partial charge in [0.2, 0.25) is 0 Å². The zero-order valence-electron chi connectivity index (χ0n) is 15.0. The maximum absolute atomic E-state index is 5.59. The maximum atomic E-state index is 5.59. The van der Waals surface area contributed by atoms with Crippen LogP contribution in [0.1, 0.15) is 18.4 Å². The van der Waals surface area contributed by atoms with E-state index in [1.165, 1.54) is 18.4 Å². The van der Waals surface area contributed by atoms with Gasteiger partial charge in [-0.25, -0.2) is 0 Å². The lowest BCUT2D eigenvalue weighted by Crippen LogP contribution is -2.17. The Balaban J connectivity index is 0.000000136. The van der Waals surface area contributed by atoms with Crippen LogP contribution in [-0.4, -0.2) is 18.6 Å². The highest BCUT2D eigenvalue weighted by molar-refractivity contribution is 5.39. The van der Waals surface area contributed by atoms with Crippen molar-refractivity contribution in [1.82, 2.24) is 4.98 Å². The van der Waals surface area contributed by atoms with Crippen LogP contribution in [0.15, 0.2) is 67.0 Å². The van der Waals surface area contributed by atoms with Crippen molar-refractivity contribution in [3.63, 3.8) is 0 Å². The molecule has 0 spiro atoms. The maximum Gasteiger partial charge on any atom is 0.0368 e. The first kappa shape index (κ1) is 19.2. The number of benzene rings is 1. The number of anilines is 1. The summed E-state index contributed by atoms with van der Waals surface area (Å²) in [5, 5.41) is 2.99. The normalized spacial score (nSPS) is 22.4. The Kier molecular flexibility index (Phi) is 8.16. The molecule has 2 aliphatic rings. The van der Waals surface area contributed by atoms with E-state index < -0.39 is 0 Å². The van der Waals surface area contributed by atoms with Crippen molar-refractivity contribution in [3.8, 4) is 0 Å². The van der Waals surface area contributed by atoms with Crippen molar-refractivity contribution in [2.24, 2.45) is 29.2 Å². The number of nitrogens with zero attached hydrogens (tertiary/aromatic N) is 1. The number of nitrogens with one attached hydrogen (secondary N) is 1. The fourth-order valence-electron chi connectivity index (χ4n) is 3.30. The summed E-state index contributed by atoms with van der Waals surface area (Å²) in [5.74, 6) is 2.56. The highest BCUT2D eigenvalue weighted by atomic mass is 14.8. The first-order valence-electron chi connectivity index (χ1n) is 8.97. The topological polar surface area (TPSA) is 77.0 Å². The molecule has 4 rings (SSSR count). The molecule has 0 radical (unpaired) electrons. The molecule has 1 saturated carbocycles. The smallest absolute Gasteiger partial charge is 0.0368 e. The third-order valence-corrected chi connectivity index (χ3v) is 4.77. The molecule has 1 aromatic heterocycles. The summed E-state index contributed by atoms with van der Waals surface area (Å²) < 4.78 is 0. The largest absolute Gasteiger partial charge is 0.388 e. The number of hydrogen-bond donors (Lipinski definition) is 3. The minimum absolute atomic E-state index is 0.640. The van der Waals surface area contributed by atoms with Gasteiger partial charge in [-0.2, -0.15) is 0 Å². The van der Waals surface area contributed by atoms with Gasteiger partial charge >= 0.3 is 0 Å². The van der Waals surface area contributed by atoms with E-state index in [0.29, 0.717) is 6.54 Å². The third-order valence-electron chi connectivity index (χ3n) is 4.77. The van der Waals surface area contributed by atoms with Crippen molar-refractivity contribution < 1.29 is 0 Å². The summed E-state index contributed by atoms with van der Waals surface area (Å²) in [7, 11) is 1.88. The Morgan fingerprint density at radius 3 is 2.08 bits per heavy atom. The van der Waals surface area contributed by atoms with Gasteiger partial charge in [0.25, 0.3) is 0 Å². The Labute approximate surface area is 151 Å². The van der Waals surface area contributed by atoms with Gasteiger partial charge < -0.3 is 16.8 Å². The molecular formula is C21H30N4. The van der Waals surface area contributed by atoms with Gasteiger partial charge in [0, 0.05) is 31.7 Å². The van der Waals surface area contributed by atoms with Gasteiger partial charge in [-0.05, 0) is 54.8 Å². The Hall–Kier alpha value is -2.17. The zero-order valence-corrected chi connectivity index (χ0v) is 15.0. The van der Waals surface area contributed by atoms with Crippen LogP contribution in [0.5, 0.6) is 0 Å². The molecular weight excluding hydrogens is 308 g/mol. The van der Waals surface area contributed by atoms with Crippen molar-refractivity contribution in [2.75, 3.05) is 18.9 Å². The molecule has 5 N–H and O–H groups in total. The molecule has 2 bridgehead atoms. The fraction of sp³-hybridized carbons (Fsp3) is 0.381. The van der Waals surface area contributed by atoms with E-state index in [2.05, 4.69) is 22.5 Å². The number of hydrogen-bond acceptors (Lipinski definition) is 4. The van der Waals surface area contributed by atoms with E-state index in [-0.39, 0.29) is 0 Å². The van der Waals surface area contributed by atoms with Gasteiger partial charge in [-0.1, -0.05) is 42.5 Å². The van der Waals surface area contributed by atoms with E-state index >= 15 is 0 Å². The van der Waals surface area contributed by atoms with Crippen molar-refractivity contribution in [1.29, 1.82) is 0 Å². The molecule has 1 heterocycles. The Morgan fingerprint density at radius 1 is 1.00 bits per heavy atom. The summed E-state index contributed by atoms with van der Waals surface area (Å²) in [6, 6.07) is 13.8. The molecule has 1 aromatic carbocycles. The minimum atomic E-state index is 0.640. The van der Waals surface area contributed by atoms with Gasteiger partial charge in [0.15, 0.2) is 0 Å². The predicted octanol–water partition coefficient (Wildman–Crippen LogP) is 3.43. The summed E-state index contributed by atoms with van der Waals surface area (Å²) in [5.41, 5.74) is 13.2. The van der Waals surface area contributed by atoms with Crippen LogP contribution >= 0.6 is 0 Å². The Bertz CT molecular complexity index is 573. The second-order valence-electron chi connectivity index (χ2n) is 6.45. The molecule has 3 unspecified atom stereocenters. The first-order valence-corrected chi connectivity index (χ1v) is 8.97. The van der Waals surface area contributed by atoms with Crippen molar-refractivity contribution in [2.45, 2.75) is 19.4 Å². The van der Waals surface area contributed by atoms with E-state index in [4.69, 9.17) is 11.5 Å². The zero-order chi connectivity index (χ0) is 17.9. The van der Waals surface area contributed by atoms with Gasteiger partial charge in [0.05, 0.1) is 0 Å². The van der Waals surface area contributed by atoms with E-state index in [1.54, 1.807) is 12.4 Å². The Morgan fingerprint density at radius 2 is 1.72 bits per heavy atom. The molecule has 3 atom stereocenters. The molecule has 2 aromatic rings. The van der Waals surface area contributed by atoms with Crippen molar-refractivity contribution >= 4 is 5.69 Å². The third kappa shape index (κ3) is 6.33. The standard InChI is InChI=1S/C8H13N.C7H9N.C6H8N2/c9-5-8-4-6-1-2-7(8)3-6;8-6-7-4-2-1-3-5-7;1-7-6-2-4-8-5-3-6/h1-2,6-8H,3-5,9H2;1-5H,6,8H2;2-5H,1H3,(H,7,8). The van der Waals surface area contributed by atoms with Crippen LogP contribution in [0.4, 0.5) is 5.69 Å². The average molecular weight is 338 g/mol.